The van der Waals surface area contributed by atoms with Gasteiger partial charge in [0.25, 0.3) is 0 Å². The molecule has 0 aromatic rings. The largest absolute Gasteiger partial charge is 0.462 e. The number of unbranched alkanes of at least 4 members (excludes halogenated alkanes) is 26. The quantitative estimate of drug-likeness (QED) is 0.0321. The topological polar surface area (TPSA) is 95.9 Å². The third-order valence-electron chi connectivity index (χ3n) is 12.5. The lowest BCUT2D eigenvalue weighted by Crippen LogP contribution is -2.46. The summed E-state index contributed by atoms with van der Waals surface area (Å²) in [5.74, 6) is -0.534. The van der Waals surface area contributed by atoms with Crippen molar-refractivity contribution in [2.24, 2.45) is 0 Å². The molecule has 6 nitrogen and oxygen atoms in total. The van der Waals surface area contributed by atoms with Gasteiger partial charge in [-0.05, 0) is 96.3 Å². The Bertz CT molecular complexity index is 1220. The maximum absolute atomic E-state index is 13.2. The molecule has 66 heavy (non-hydrogen) atoms. The monoisotopic (exact) mass is 922 g/mol. The maximum Gasteiger partial charge on any atom is 0.306 e. The molecular weight excluding hydrogens is 815 g/mol. The van der Waals surface area contributed by atoms with Crippen LogP contribution in [0.5, 0.6) is 0 Å². The molecule has 0 spiro atoms. The second-order valence-electron chi connectivity index (χ2n) is 19.0. The molecule has 3 atom stereocenters. The molecule has 0 heterocycles. The maximum atomic E-state index is 13.2. The number of carbonyl (C=O) groups excluding carboxylic acids is 2. The third kappa shape index (κ3) is 47.8. The van der Waals surface area contributed by atoms with Crippen molar-refractivity contribution < 1.29 is 24.5 Å². The Morgan fingerprint density at radius 2 is 0.788 bits per heavy atom. The van der Waals surface area contributed by atoms with E-state index >= 15 is 0 Å². The van der Waals surface area contributed by atoms with Gasteiger partial charge in [0, 0.05) is 6.42 Å². The highest BCUT2D eigenvalue weighted by Gasteiger charge is 2.24. The van der Waals surface area contributed by atoms with Crippen LogP contribution < -0.4 is 5.32 Å². The van der Waals surface area contributed by atoms with Crippen LogP contribution in [0.1, 0.15) is 271 Å². The predicted molar refractivity (Wildman–Crippen MR) is 287 cm³/mol. The molecule has 0 aliphatic heterocycles. The molecule has 0 radical (unpaired) electrons. The summed E-state index contributed by atoms with van der Waals surface area (Å²) in [6.07, 6.45) is 68.2. The van der Waals surface area contributed by atoms with Gasteiger partial charge in [0.2, 0.25) is 5.91 Å². The van der Waals surface area contributed by atoms with Crippen molar-refractivity contribution in [1.29, 1.82) is 0 Å². The lowest BCUT2D eigenvalue weighted by atomic mass is 10.0. The number of ether oxygens (including phenoxy) is 1. The van der Waals surface area contributed by atoms with Crippen LogP contribution in [0.4, 0.5) is 0 Å². The van der Waals surface area contributed by atoms with E-state index in [1.54, 1.807) is 0 Å². The van der Waals surface area contributed by atoms with E-state index in [4.69, 9.17) is 4.74 Å². The highest BCUT2D eigenvalue weighted by atomic mass is 16.5. The fraction of sp³-hybridized carbons (Fsp3) is 0.767. The van der Waals surface area contributed by atoms with E-state index in [1.165, 1.54) is 141 Å². The van der Waals surface area contributed by atoms with Crippen molar-refractivity contribution in [2.75, 3.05) is 6.61 Å². The van der Waals surface area contributed by atoms with Crippen molar-refractivity contribution in [3.63, 3.8) is 0 Å². The summed E-state index contributed by atoms with van der Waals surface area (Å²) in [5.41, 5.74) is 0. The first-order valence-electron chi connectivity index (χ1n) is 28.2. The minimum atomic E-state index is -0.806. The van der Waals surface area contributed by atoms with Gasteiger partial charge in [0.15, 0.2) is 0 Å². The van der Waals surface area contributed by atoms with Crippen LogP contribution in [0, 0.1) is 0 Å². The summed E-state index contributed by atoms with van der Waals surface area (Å²) in [6.45, 7) is 6.42. The number of hydrogen-bond donors (Lipinski definition) is 3. The first-order valence-corrected chi connectivity index (χ1v) is 28.2. The summed E-state index contributed by atoms with van der Waals surface area (Å²) in [4.78, 5) is 26.2. The summed E-state index contributed by atoms with van der Waals surface area (Å²) in [6, 6.07) is -0.724. The Morgan fingerprint density at radius 3 is 1.23 bits per heavy atom. The van der Waals surface area contributed by atoms with Gasteiger partial charge in [-0.3, -0.25) is 9.59 Å². The SMILES string of the molecule is CCCCC/C=C\C/C=C\C/C=C\C/C=C\CCCC(CC(=O)NC(CO)C(O)CCCCCCCCCCCCCCC)OC(=O)CCCCCCCCC/C=C\C/C=C\CCCCC. The Kier molecular flexibility index (Phi) is 51.1. The molecule has 382 valence electrons. The van der Waals surface area contributed by atoms with Crippen molar-refractivity contribution in [1.82, 2.24) is 5.32 Å². The zero-order chi connectivity index (χ0) is 48.1. The van der Waals surface area contributed by atoms with Crippen molar-refractivity contribution in [3.8, 4) is 0 Å². The highest BCUT2D eigenvalue weighted by Crippen LogP contribution is 2.17. The molecule has 0 fully saturated rings. The molecular formula is C60H107NO5. The zero-order valence-electron chi connectivity index (χ0n) is 43.6. The minimum absolute atomic E-state index is 0.0350. The summed E-state index contributed by atoms with van der Waals surface area (Å²) in [7, 11) is 0. The molecule has 1 amide bonds. The molecule has 3 unspecified atom stereocenters. The van der Waals surface area contributed by atoms with Gasteiger partial charge < -0.3 is 20.3 Å². The van der Waals surface area contributed by atoms with E-state index in [1.807, 2.05) is 0 Å². The standard InChI is InChI=1S/C60H107NO5/c1-4-7-10-13-16-19-22-25-27-29-31-34-36-39-42-45-48-51-56(66-60(65)53-50-47-44-41-38-35-32-30-28-26-23-20-17-14-11-8-5-2)54-59(64)61-57(55-62)58(63)52-49-46-43-40-37-33-24-21-18-15-12-9-6-3/h16-17,19-20,25-28,31,34,39,42,56-58,62-63H,4-15,18,21-24,29-30,32-33,35-38,40-41,43-55H2,1-3H3,(H,61,64)/b19-16-,20-17-,27-25-,28-26-,34-31-,42-39-. The van der Waals surface area contributed by atoms with Crippen LogP contribution in [0.3, 0.4) is 0 Å². The van der Waals surface area contributed by atoms with E-state index in [0.29, 0.717) is 19.3 Å². The summed E-state index contributed by atoms with van der Waals surface area (Å²) >= 11 is 0. The van der Waals surface area contributed by atoms with Crippen molar-refractivity contribution >= 4 is 11.9 Å². The molecule has 0 rings (SSSR count). The highest BCUT2D eigenvalue weighted by molar-refractivity contribution is 5.77. The number of aliphatic hydroxyl groups excluding tert-OH is 2. The van der Waals surface area contributed by atoms with E-state index in [2.05, 4.69) is 99.0 Å². The second kappa shape index (κ2) is 53.3. The molecule has 3 N–H and O–H groups in total. The van der Waals surface area contributed by atoms with Gasteiger partial charge in [-0.25, -0.2) is 0 Å². The van der Waals surface area contributed by atoms with Gasteiger partial charge in [-0.15, -0.1) is 0 Å². The van der Waals surface area contributed by atoms with E-state index < -0.39 is 18.2 Å². The van der Waals surface area contributed by atoms with Crippen molar-refractivity contribution in [2.45, 2.75) is 289 Å². The first-order chi connectivity index (χ1) is 32.5. The Labute approximate surface area is 409 Å². The lowest BCUT2D eigenvalue weighted by Gasteiger charge is -2.24. The molecule has 0 aliphatic carbocycles. The Morgan fingerprint density at radius 1 is 0.439 bits per heavy atom. The smallest absolute Gasteiger partial charge is 0.306 e. The fourth-order valence-corrected chi connectivity index (χ4v) is 8.21. The molecule has 0 aliphatic rings. The van der Waals surface area contributed by atoms with E-state index in [9.17, 15) is 19.8 Å². The molecule has 0 bridgehead atoms. The number of aliphatic hydroxyl groups is 2. The third-order valence-corrected chi connectivity index (χ3v) is 12.5. The van der Waals surface area contributed by atoms with Crippen LogP contribution in [-0.2, 0) is 14.3 Å². The van der Waals surface area contributed by atoms with Gasteiger partial charge in [-0.1, -0.05) is 235 Å². The van der Waals surface area contributed by atoms with Gasteiger partial charge >= 0.3 is 5.97 Å². The lowest BCUT2D eigenvalue weighted by molar-refractivity contribution is -0.151. The number of carbonyl (C=O) groups is 2. The van der Waals surface area contributed by atoms with Crippen LogP contribution in [0.25, 0.3) is 0 Å². The van der Waals surface area contributed by atoms with Crippen LogP contribution in [0.15, 0.2) is 72.9 Å². The minimum Gasteiger partial charge on any atom is -0.462 e. The number of amides is 1. The van der Waals surface area contributed by atoms with E-state index in [-0.39, 0.29) is 24.9 Å². The summed E-state index contributed by atoms with van der Waals surface area (Å²) in [5, 5.41) is 23.8. The predicted octanol–water partition coefficient (Wildman–Crippen LogP) is 17.3. The van der Waals surface area contributed by atoms with Gasteiger partial charge in [-0.2, -0.15) is 0 Å². The average molecular weight is 923 g/mol. The Hall–Kier alpha value is -2.70. The molecule has 0 saturated heterocycles. The van der Waals surface area contributed by atoms with Crippen LogP contribution in [0.2, 0.25) is 0 Å². The zero-order valence-corrected chi connectivity index (χ0v) is 43.6. The average Bonchev–Trinajstić information content (AvgIpc) is 3.31. The fourth-order valence-electron chi connectivity index (χ4n) is 8.21. The normalized spacial score (nSPS) is 13.7. The second-order valence-corrected chi connectivity index (χ2v) is 19.0. The Balaban J connectivity index is 4.69. The van der Waals surface area contributed by atoms with Crippen LogP contribution in [-0.4, -0.2) is 46.9 Å². The first kappa shape index (κ1) is 63.3. The molecule has 6 heteroatoms. The molecule has 0 saturated carbocycles. The number of esters is 1. The number of nitrogens with one attached hydrogen (secondary N) is 1. The molecule has 0 aromatic carbocycles. The van der Waals surface area contributed by atoms with Crippen molar-refractivity contribution in [3.05, 3.63) is 72.9 Å². The van der Waals surface area contributed by atoms with Gasteiger partial charge in [0.05, 0.1) is 25.2 Å². The number of rotatable bonds is 50. The number of hydrogen-bond acceptors (Lipinski definition) is 5. The number of allylic oxidation sites excluding steroid dienone is 12. The van der Waals surface area contributed by atoms with Gasteiger partial charge in [0.1, 0.15) is 6.10 Å². The summed E-state index contributed by atoms with van der Waals surface area (Å²) < 4.78 is 5.93. The van der Waals surface area contributed by atoms with E-state index in [0.717, 1.165) is 83.5 Å². The van der Waals surface area contributed by atoms with Crippen LogP contribution >= 0.6 is 0 Å². The molecule has 0 aromatic heterocycles.